The zero-order valence-corrected chi connectivity index (χ0v) is 24.3. The number of carbonyl (C=O) groups excluding carboxylic acids is 3. The van der Waals surface area contributed by atoms with Crippen molar-refractivity contribution in [1.82, 2.24) is 10.6 Å². The summed E-state index contributed by atoms with van der Waals surface area (Å²) in [7, 11) is 1.32. The fourth-order valence-corrected chi connectivity index (χ4v) is 4.36. The van der Waals surface area contributed by atoms with Gasteiger partial charge in [0.2, 0.25) is 0 Å². The van der Waals surface area contributed by atoms with Gasteiger partial charge in [-0.1, -0.05) is 104 Å². The molecule has 1 aromatic rings. The molecule has 216 valence electrons. The van der Waals surface area contributed by atoms with Gasteiger partial charge in [-0.15, -0.1) is 0 Å². The van der Waals surface area contributed by atoms with E-state index in [1.54, 1.807) is 18.2 Å². The van der Waals surface area contributed by atoms with E-state index in [-0.39, 0.29) is 18.4 Å². The minimum Gasteiger partial charge on any atom is -0.468 e. The average Bonchev–Trinajstić information content (AvgIpc) is 2.93. The van der Waals surface area contributed by atoms with E-state index in [1.807, 2.05) is 0 Å². The van der Waals surface area contributed by atoms with E-state index < -0.39 is 5.97 Å². The summed E-state index contributed by atoms with van der Waals surface area (Å²) in [5, 5.41) is 8.91. The highest BCUT2D eigenvalue weighted by Crippen LogP contribution is 2.16. The molecular weight excluding hydrogens is 478 g/mol. The van der Waals surface area contributed by atoms with Crippen LogP contribution in [0.25, 0.3) is 0 Å². The fraction of sp³-hybridized carbons (Fsp3) is 0.710. The number of esters is 1. The van der Waals surface area contributed by atoms with Gasteiger partial charge in [-0.25, -0.2) is 0 Å². The molecule has 0 aliphatic rings. The fourth-order valence-electron chi connectivity index (χ4n) is 4.36. The molecule has 38 heavy (non-hydrogen) atoms. The molecule has 1 rings (SSSR count). The van der Waals surface area contributed by atoms with Crippen LogP contribution >= 0.6 is 0 Å². The SMILES string of the molecule is CCCCCCCCCCNC(=O)c1cc(NCC(=O)OC)cc(C(=O)NCCCCCCCCCC)c1. The van der Waals surface area contributed by atoms with E-state index in [1.165, 1.54) is 84.2 Å². The maximum absolute atomic E-state index is 12.8. The maximum Gasteiger partial charge on any atom is 0.325 e. The van der Waals surface area contributed by atoms with Gasteiger partial charge in [0, 0.05) is 29.9 Å². The zero-order valence-electron chi connectivity index (χ0n) is 24.3. The van der Waals surface area contributed by atoms with Crippen molar-refractivity contribution in [3.8, 4) is 0 Å². The predicted molar refractivity (Wildman–Crippen MR) is 157 cm³/mol. The van der Waals surface area contributed by atoms with Gasteiger partial charge in [0.05, 0.1) is 7.11 Å². The van der Waals surface area contributed by atoms with Crippen molar-refractivity contribution in [3.63, 3.8) is 0 Å². The molecule has 0 aliphatic heterocycles. The summed E-state index contributed by atoms with van der Waals surface area (Å²) < 4.78 is 4.69. The van der Waals surface area contributed by atoms with Gasteiger partial charge in [-0.2, -0.15) is 0 Å². The second kappa shape index (κ2) is 22.4. The molecule has 0 saturated heterocycles. The summed E-state index contributed by atoms with van der Waals surface area (Å²) >= 11 is 0. The number of hydrogen-bond acceptors (Lipinski definition) is 5. The van der Waals surface area contributed by atoms with Gasteiger partial charge in [0.15, 0.2) is 0 Å². The van der Waals surface area contributed by atoms with Crippen molar-refractivity contribution in [1.29, 1.82) is 0 Å². The molecule has 0 bridgehead atoms. The van der Waals surface area contributed by atoms with Crippen molar-refractivity contribution in [2.45, 2.75) is 117 Å². The first-order chi connectivity index (χ1) is 18.5. The van der Waals surface area contributed by atoms with Crippen LogP contribution in [-0.4, -0.2) is 44.5 Å². The summed E-state index contributed by atoms with van der Waals surface area (Å²) in [6, 6.07) is 4.96. The van der Waals surface area contributed by atoms with Crippen LogP contribution in [-0.2, 0) is 9.53 Å². The highest BCUT2D eigenvalue weighted by molar-refractivity contribution is 6.01. The van der Waals surface area contributed by atoms with E-state index in [4.69, 9.17) is 4.74 Å². The van der Waals surface area contributed by atoms with Crippen LogP contribution in [0, 0.1) is 0 Å². The lowest BCUT2D eigenvalue weighted by atomic mass is 10.1. The Morgan fingerprint density at radius 2 is 1.00 bits per heavy atom. The van der Waals surface area contributed by atoms with Gasteiger partial charge >= 0.3 is 5.97 Å². The largest absolute Gasteiger partial charge is 0.468 e. The van der Waals surface area contributed by atoms with Gasteiger partial charge in [-0.05, 0) is 31.0 Å². The number of methoxy groups -OCH3 is 1. The Kier molecular flexibility index (Phi) is 19.7. The zero-order chi connectivity index (χ0) is 27.8. The number of hydrogen-bond donors (Lipinski definition) is 3. The van der Waals surface area contributed by atoms with Crippen molar-refractivity contribution < 1.29 is 19.1 Å². The molecule has 3 N–H and O–H groups in total. The Morgan fingerprint density at radius 3 is 1.39 bits per heavy atom. The van der Waals surface area contributed by atoms with Crippen LogP contribution < -0.4 is 16.0 Å². The van der Waals surface area contributed by atoms with Crippen LogP contribution in [0.15, 0.2) is 18.2 Å². The number of anilines is 1. The molecule has 0 aliphatic carbocycles. The van der Waals surface area contributed by atoms with E-state index in [9.17, 15) is 14.4 Å². The first-order valence-electron chi connectivity index (χ1n) is 15.0. The molecule has 1 aromatic carbocycles. The first-order valence-corrected chi connectivity index (χ1v) is 15.0. The summed E-state index contributed by atoms with van der Waals surface area (Å²) in [5.74, 6) is -0.853. The molecule has 0 atom stereocenters. The molecular formula is C31H53N3O4. The lowest BCUT2D eigenvalue weighted by molar-refractivity contribution is -0.138. The highest BCUT2D eigenvalue weighted by atomic mass is 16.5. The third-order valence-corrected chi connectivity index (χ3v) is 6.75. The Labute approximate surface area is 231 Å². The number of amides is 2. The molecule has 0 saturated carbocycles. The van der Waals surface area contributed by atoms with Crippen LogP contribution in [0.2, 0.25) is 0 Å². The molecule has 0 fully saturated rings. The van der Waals surface area contributed by atoms with Gasteiger partial charge < -0.3 is 20.7 Å². The molecule has 0 spiro atoms. The molecule has 7 heteroatoms. The molecule has 0 heterocycles. The van der Waals surface area contributed by atoms with Gasteiger partial charge in [0.25, 0.3) is 11.8 Å². The van der Waals surface area contributed by atoms with Crippen molar-refractivity contribution in [3.05, 3.63) is 29.3 Å². The standard InChI is InChI=1S/C31H53N3O4/c1-4-6-8-10-12-14-16-18-20-32-30(36)26-22-27(24-28(23-26)34-25-29(35)38-3)31(37)33-21-19-17-15-13-11-9-7-5-2/h22-24,34H,4-21,25H2,1-3H3,(H,32,36)(H,33,37). The number of ether oxygens (including phenoxy) is 1. The van der Waals surface area contributed by atoms with E-state index in [0.717, 1.165) is 25.7 Å². The summed E-state index contributed by atoms with van der Waals surface area (Å²) in [4.78, 5) is 37.3. The Morgan fingerprint density at radius 1 is 0.605 bits per heavy atom. The van der Waals surface area contributed by atoms with E-state index >= 15 is 0 Å². The third-order valence-electron chi connectivity index (χ3n) is 6.75. The summed E-state index contributed by atoms with van der Waals surface area (Å²) in [6.07, 6.45) is 19.3. The summed E-state index contributed by atoms with van der Waals surface area (Å²) in [5.41, 5.74) is 1.33. The summed E-state index contributed by atoms with van der Waals surface area (Å²) in [6.45, 7) is 5.61. The van der Waals surface area contributed by atoms with Crippen LogP contribution in [0.4, 0.5) is 5.69 Å². The number of rotatable bonds is 23. The molecule has 2 amide bonds. The monoisotopic (exact) mass is 531 g/mol. The number of carbonyl (C=O) groups is 3. The number of benzene rings is 1. The normalized spacial score (nSPS) is 10.7. The van der Waals surface area contributed by atoms with Crippen molar-refractivity contribution >= 4 is 23.5 Å². The number of nitrogens with one attached hydrogen (secondary N) is 3. The molecule has 7 nitrogen and oxygen atoms in total. The van der Waals surface area contributed by atoms with Crippen LogP contribution in [0.5, 0.6) is 0 Å². The van der Waals surface area contributed by atoms with E-state index in [2.05, 4.69) is 29.8 Å². The van der Waals surface area contributed by atoms with Crippen molar-refractivity contribution in [2.75, 3.05) is 32.1 Å². The number of unbranched alkanes of at least 4 members (excludes halogenated alkanes) is 14. The Hall–Kier alpha value is -2.57. The smallest absolute Gasteiger partial charge is 0.325 e. The quantitative estimate of drug-likeness (QED) is 0.104. The van der Waals surface area contributed by atoms with Crippen LogP contribution in [0.3, 0.4) is 0 Å². The Balaban J connectivity index is 2.56. The maximum atomic E-state index is 12.8. The van der Waals surface area contributed by atoms with Gasteiger partial charge in [-0.3, -0.25) is 14.4 Å². The second-order valence-electron chi connectivity index (χ2n) is 10.2. The van der Waals surface area contributed by atoms with Gasteiger partial charge in [0.1, 0.15) is 6.54 Å². The predicted octanol–water partition coefficient (Wildman–Crippen LogP) is 7.01. The topological polar surface area (TPSA) is 96.5 Å². The second-order valence-corrected chi connectivity index (χ2v) is 10.2. The average molecular weight is 532 g/mol. The molecule has 0 unspecified atom stereocenters. The minimum atomic E-state index is -0.421. The first kappa shape index (κ1) is 33.5. The van der Waals surface area contributed by atoms with E-state index in [0.29, 0.717) is 29.9 Å². The minimum absolute atomic E-state index is 0.0425. The third kappa shape index (κ3) is 16.3. The van der Waals surface area contributed by atoms with Crippen molar-refractivity contribution in [2.24, 2.45) is 0 Å². The van der Waals surface area contributed by atoms with Crippen LogP contribution in [0.1, 0.15) is 137 Å². The lowest BCUT2D eigenvalue weighted by Gasteiger charge is -2.12. The lowest BCUT2D eigenvalue weighted by Crippen LogP contribution is -2.27. The molecule has 0 aromatic heterocycles. The Bertz CT molecular complexity index is 745. The highest BCUT2D eigenvalue weighted by Gasteiger charge is 2.14. The molecule has 0 radical (unpaired) electrons.